The zero-order valence-corrected chi connectivity index (χ0v) is 14.8. The molecule has 0 N–H and O–H groups in total. The molecule has 0 bridgehead atoms. The van der Waals surface area contributed by atoms with Gasteiger partial charge >= 0.3 is 0 Å². The van der Waals surface area contributed by atoms with E-state index >= 15 is 0 Å². The summed E-state index contributed by atoms with van der Waals surface area (Å²) in [5.41, 5.74) is 0.866. The lowest BCUT2D eigenvalue weighted by Crippen LogP contribution is -2.09. The van der Waals surface area contributed by atoms with Crippen molar-refractivity contribution in [2.45, 2.75) is 25.3 Å². The average molecular weight is 338 g/mol. The quantitative estimate of drug-likeness (QED) is 0.689. The molecule has 25 heavy (non-hydrogen) atoms. The lowest BCUT2D eigenvalue weighted by atomic mass is 10.3. The third-order valence-electron chi connectivity index (χ3n) is 4.23. The molecule has 0 unspecified atom stereocenters. The molecule has 2 aromatic heterocycles. The number of methoxy groups -OCH3 is 1. The first-order valence-corrected chi connectivity index (χ1v) is 8.50. The molecule has 0 amide bonds. The number of aromatic nitrogens is 3. The van der Waals surface area contributed by atoms with Crippen LogP contribution in [-0.4, -0.2) is 40.9 Å². The van der Waals surface area contributed by atoms with Gasteiger partial charge < -0.3 is 14.1 Å². The van der Waals surface area contributed by atoms with E-state index in [1.165, 1.54) is 0 Å². The maximum absolute atomic E-state index is 6.02. The Morgan fingerprint density at radius 3 is 2.72 bits per heavy atom. The molecule has 0 saturated heterocycles. The summed E-state index contributed by atoms with van der Waals surface area (Å²) in [4.78, 5) is 6.85. The smallest absolute Gasteiger partial charge is 0.199 e. The van der Waals surface area contributed by atoms with Crippen LogP contribution in [0.15, 0.2) is 40.8 Å². The van der Waals surface area contributed by atoms with Crippen molar-refractivity contribution in [1.29, 1.82) is 0 Å². The van der Waals surface area contributed by atoms with Gasteiger partial charge in [-0.3, -0.25) is 0 Å². The lowest BCUT2D eigenvalue weighted by molar-refractivity contribution is 0.353. The van der Waals surface area contributed by atoms with Crippen molar-refractivity contribution in [2.75, 3.05) is 21.2 Å². The Balaban J connectivity index is 1.80. The summed E-state index contributed by atoms with van der Waals surface area (Å²) in [6.45, 7) is 0.748. The molecular formula is C19H22N4O2. The van der Waals surface area contributed by atoms with E-state index in [9.17, 15) is 0 Å². The van der Waals surface area contributed by atoms with Gasteiger partial charge in [-0.2, -0.15) is 5.10 Å². The molecule has 1 aliphatic rings. The van der Waals surface area contributed by atoms with E-state index in [0.29, 0.717) is 5.92 Å². The number of para-hydroxylation sites is 2. The molecule has 1 saturated carbocycles. The predicted octanol–water partition coefficient (Wildman–Crippen LogP) is 3.47. The zero-order chi connectivity index (χ0) is 17.4. The fourth-order valence-corrected chi connectivity index (χ4v) is 2.87. The Hall–Kier alpha value is -2.60. The highest BCUT2D eigenvalue weighted by Gasteiger charge is 2.30. The van der Waals surface area contributed by atoms with Crippen molar-refractivity contribution in [3.8, 4) is 23.0 Å². The molecule has 4 rings (SSSR count). The molecule has 1 aromatic carbocycles. The second-order valence-corrected chi connectivity index (χ2v) is 6.66. The zero-order valence-electron chi connectivity index (χ0n) is 14.8. The fourth-order valence-electron chi connectivity index (χ4n) is 2.87. The highest BCUT2D eigenvalue weighted by Crippen LogP contribution is 2.40. The van der Waals surface area contributed by atoms with Crippen molar-refractivity contribution in [3.05, 3.63) is 48.0 Å². The van der Waals surface area contributed by atoms with Gasteiger partial charge in [0.05, 0.1) is 13.7 Å². The third-order valence-corrected chi connectivity index (χ3v) is 4.23. The molecule has 0 spiro atoms. The van der Waals surface area contributed by atoms with Crippen molar-refractivity contribution < 1.29 is 9.15 Å². The van der Waals surface area contributed by atoms with Crippen LogP contribution in [-0.2, 0) is 6.54 Å². The van der Waals surface area contributed by atoms with Gasteiger partial charge in [-0.1, -0.05) is 12.1 Å². The molecule has 1 fully saturated rings. The number of ether oxygens (including phenoxy) is 1. The Morgan fingerprint density at radius 1 is 1.20 bits per heavy atom. The largest absolute Gasteiger partial charge is 0.494 e. The second-order valence-electron chi connectivity index (χ2n) is 6.66. The van der Waals surface area contributed by atoms with Crippen LogP contribution in [0.4, 0.5) is 0 Å². The molecule has 6 heteroatoms. The lowest BCUT2D eigenvalue weighted by Gasteiger charge is -2.09. The number of nitrogens with zero attached hydrogens (tertiary/aromatic N) is 4. The van der Waals surface area contributed by atoms with Gasteiger partial charge in [0, 0.05) is 5.92 Å². The summed E-state index contributed by atoms with van der Waals surface area (Å²) in [6.07, 6.45) is 2.30. The Bertz CT molecular complexity index is 877. The Labute approximate surface area is 147 Å². The summed E-state index contributed by atoms with van der Waals surface area (Å²) >= 11 is 0. The van der Waals surface area contributed by atoms with Crippen LogP contribution >= 0.6 is 0 Å². The van der Waals surface area contributed by atoms with Gasteiger partial charge in [-0.05, 0) is 51.2 Å². The number of furan rings is 1. The van der Waals surface area contributed by atoms with Crippen LogP contribution in [0.25, 0.3) is 17.3 Å². The fraction of sp³-hybridized carbons (Fsp3) is 0.368. The number of hydrogen-bond acceptors (Lipinski definition) is 5. The van der Waals surface area contributed by atoms with Gasteiger partial charge in [-0.15, -0.1) is 0 Å². The maximum Gasteiger partial charge on any atom is 0.199 e. The molecule has 0 radical (unpaired) electrons. The number of rotatable bonds is 6. The maximum atomic E-state index is 6.02. The van der Waals surface area contributed by atoms with Crippen LogP contribution in [0.3, 0.4) is 0 Å². The van der Waals surface area contributed by atoms with Crippen LogP contribution < -0.4 is 4.74 Å². The van der Waals surface area contributed by atoms with Crippen LogP contribution in [0.5, 0.6) is 5.75 Å². The first kappa shape index (κ1) is 15.9. The van der Waals surface area contributed by atoms with Crippen molar-refractivity contribution in [1.82, 2.24) is 19.7 Å². The van der Waals surface area contributed by atoms with Crippen molar-refractivity contribution in [3.63, 3.8) is 0 Å². The molecule has 0 aliphatic heterocycles. The van der Waals surface area contributed by atoms with Crippen molar-refractivity contribution >= 4 is 0 Å². The molecular weight excluding hydrogens is 316 g/mol. The molecule has 3 aromatic rings. The Morgan fingerprint density at radius 2 is 2.00 bits per heavy atom. The molecule has 130 valence electrons. The topological polar surface area (TPSA) is 56.3 Å². The summed E-state index contributed by atoms with van der Waals surface area (Å²) in [7, 11) is 5.70. The normalized spacial score (nSPS) is 14.2. The standard InChI is InChI=1S/C19H22N4O2/c1-22(2)12-14-10-11-17(25-14)19-20-18(13-8-9-13)21-23(19)15-6-4-5-7-16(15)24-3/h4-7,10-11,13H,8-9,12H2,1-3H3. The van der Waals surface area contributed by atoms with E-state index in [-0.39, 0.29) is 0 Å². The van der Waals surface area contributed by atoms with Crippen molar-refractivity contribution in [2.24, 2.45) is 0 Å². The van der Waals surface area contributed by atoms with E-state index in [4.69, 9.17) is 19.2 Å². The van der Waals surface area contributed by atoms with E-state index in [1.807, 2.05) is 55.2 Å². The average Bonchev–Trinajstić information content (AvgIpc) is 3.20. The van der Waals surface area contributed by atoms with E-state index in [1.54, 1.807) is 7.11 Å². The van der Waals surface area contributed by atoms with Gasteiger partial charge in [0.25, 0.3) is 0 Å². The first-order valence-electron chi connectivity index (χ1n) is 8.50. The van der Waals surface area contributed by atoms with Crippen LogP contribution in [0.1, 0.15) is 30.3 Å². The minimum absolute atomic E-state index is 0.464. The third kappa shape index (κ3) is 3.17. The van der Waals surface area contributed by atoms with Gasteiger partial charge in [-0.25, -0.2) is 9.67 Å². The highest BCUT2D eigenvalue weighted by molar-refractivity contribution is 5.56. The molecule has 6 nitrogen and oxygen atoms in total. The highest BCUT2D eigenvalue weighted by atomic mass is 16.5. The van der Waals surface area contributed by atoms with E-state index < -0.39 is 0 Å². The minimum atomic E-state index is 0.464. The van der Waals surface area contributed by atoms with E-state index in [0.717, 1.165) is 54.0 Å². The van der Waals surface area contributed by atoms with E-state index in [2.05, 4.69) is 4.90 Å². The van der Waals surface area contributed by atoms with Crippen LogP contribution in [0.2, 0.25) is 0 Å². The SMILES string of the molecule is COc1ccccc1-n1nc(C2CC2)nc1-c1ccc(CN(C)C)o1. The minimum Gasteiger partial charge on any atom is -0.494 e. The molecule has 2 heterocycles. The summed E-state index contributed by atoms with van der Waals surface area (Å²) in [6, 6.07) is 11.8. The first-order chi connectivity index (χ1) is 12.2. The summed E-state index contributed by atoms with van der Waals surface area (Å²) in [5.74, 6) is 4.45. The van der Waals surface area contributed by atoms with Gasteiger partial charge in [0.2, 0.25) is 0 Å². The van der Waals surface area contributed by atoms with Gasteiger partial charge in [0.1, 0.15) is 17.2 Å². The molecule has 0 atom stereocenters. The second kappa shape index (κ2) is 6.37. The number of benzene rings is 1. The predicted molar refractivity (Wildman–Crippen MR) is 95.0 cm³/mol. The monoisotopic (exact) mass is 338 g/mol. The molecule has 1 aliphatic carbocycles. The number of hydrogen-bond donors (Lipinski definition) is 0. The Kier molecular flexibility index (Phi) is 4.05. The van der Waals surface area contributed by atoms with Crippen LogP contribution in [0, 0.1) is 0 Å². The summed E-state index contributed by atoms with van der Waals surface area (Å²) in [5, 5.41) is 4.75. The van der Waals surface area contributed by atoms with Gasteiger partial charge in [0.15, 0.2) is 17.4 Å². The summed E-state index contributed by atoms with van der Waals surface area (Å²) < 4.78 is 13.4.